The summed E-state index contributed by atoms with van der Waals surface area (Å²) in [6.45, 7) is 13.0. The van der Waals surface area contributed by atoms with E-state index in [1.54, 1.807) is 0 Å². The average molecular weight is 317 g/mol. The van der Waals surface area contributed by atoms with Gasteiger partial charge in [-0.2, -0.15) is 0 Å². The molecule has 0 saturated carbocycles. The predicted octanol–water partition coefficient (Wildman–Crippen LogP) is 8.18. The van der Waals surface area contributed by atoms with E-state index in [1.165, 1.54) is 33.4 Å². The second-order valence-electron chi connectivity index (χ2n) is 5.72. The van der Waals surface area contributed by atoms with Gasteiger partial charge in [0.05, 0.1) is 0 Å². The van der Waals surface area contributed by atoms with Crippen LogP contribution >= 0.6 is 0 Å². The van der Waals surface area contributed by atoms with Crippen molar-refractivity contribution in [1.29, 1.82) is 0 Å². The lowest BCUT2D eigenvalue weighted by atomic mass is 9.81. The Kier molecular flexibility index (Phi) is 10.9. The van der Waals surface area contributed by atoms with Crippen molar-refractivity contribution in [2.75, 3.05) is 0 Å². The molecule has 0 aromatic heterocycles. The molecule has 0 fully saturated rings. The second kappa shape index (κ2) is 9.55. The number of hydrogen-bond acceptors (Lipinski definition) is 0. The van der Waals surface area contributed by atoms with E-state index in [0.29, 0.717) is 0 Å². The van der Waals surface area contributed by atoms with Crippen LogP contribution in [0.3, 0.4) is 0 Å². The summed E-state index contributed by atoms with van der Waals surface area (Å²) in [4.78, 5) is 0. The van der Waals surface area contributed by atoms with E-state index in [1.807, 2.05) is 13.8 Å². The molecule has 132 valence electrons. The zero-order chi connectivity index (χ0) is 14.2. The lowest BCUT2D eigenvalue weighted by Gasteiger charge is -2.22. The Bertz CT molecular complexity index is 550. The fraction of sp³-hybridized carbons (Fsp3) is 0.478. The molecule has 0 spiro atoms. The molecule has 0 saturated heterocycles. The zero-order valence-electron chi connectivity index (χ0n) is 13.0. The first-order valence-corrected chi connectivity index (χ1v) is 7.23. The van der Waals surface area contributed by atoms with Crippen molar-refractivity contribution >= 4 is 0 Å². The van der Waals surface area contributed by atoms with Crippen molar-refractivity contribution in [3.05, 3.63) is 58.7 Å². The van der Waals surface area contributed by atoms with E-state index in [-0.39, 0.29) is 35.1 Å². The smallest absolute Gasteiger partial charge is 0.0159 e. The van der Waals surface area contributed by atoms with Gasteiger partial charge >= 0.3 is 0 Å². The van der Waals surface area contributed by atoms with E-state index in [2.05, 4.69) is 64.1 Å². The first-order chi connectivity index (χ1) is 9.00. The maximum Gasteiger partial charge on any atom is 0.0159 e. The standard InChI is InChI=1S/C17H18.C2H6.4CH4/c1-11-5-7-13-14-8-6-12(2)10-16(14)17(3,4)15(13)9-11;1-2;;;;/h5-10H,1-4H3;1-2H3;4*1H4. The molecule has 23 heavy (non-hydrogen) atoms. The van der Waals surface area contributed by atoms with E-state index < -0.39 is 0 Å². The molecule has 0 radical (unpaired) electrons. The van der Waals surface area contributed by atoms with Crippen LogP contribution in [0.4, 0.5) is 0 Å². The van der Waals surface area contributed by atoms with Gasteiger partial charge in [-0.25, -0.2) is 0 Å². The molecule has 0 N–H and O–H groups in total. The van der Waals surface area contributed by atoms with Crippen LogP contribution in [-0.4, -0.2) is 0 Å². The van der Waals surface area contributed by atoms with Crippen molar-refractivity contribution in [2.24, 2.45) is 0 Å². The van der Waals surface area contributed by atoms with E-state index in [9.17, 15) is 0 Å². The second-order valence-corrected chi connectivity index (χ2v) is 5.72. The lowest BCUT2D eigenvalue weighted by Crippen LogP contribution is -2.15. The maximum absolute atomic E-state index is 2.34. The molecule has 0 nitrogen and oxygen atoms in total. The third kappa shape index (κ3) is 4.25. The van der Waals surface area contributed by atoms with Crippen molar-refractivity contribution in [3.8, 4) is 11.1 Å². The van der Waals surface area contributed by atoms with Crippen LogP contribution in [0.1, 0.15) is 79.7 Å². The van der Waals surface area contributed by atoms with Gasteiger partial charge in [0.2, 0.25) is 0 Å². The van der Waals surface area contributed by atoms with Crippen LogP contribution in [0.25, 0.3) is 11.1 Å². The number of rotatable bonds is 0. The van der Waals surface area contributed by atoms with Gasteiger partial charge in [-0.3, -0.25) is 0 Å². The Balaban J connectivity index is -0.000000643. The highest BCUT2D eigenvalue weighted by molar-refractivity contribution is 5.81. The van der Waals surface area contributed by atoms with Crippen LogP contribution in [0, 0.1) is 13.8 Å². The van der Waals surface area contributed by atoms with Gasteiger partial charge in [-0.15, -0.1) is 0 Å². The summed E-state index contributed by atoms with van der Waals surface area (Å²) >= 11 is 0. The summed E-state index contributed by atoms with van der Waals surface area (Å²) < 4.78 is 0. The Morgan fingerprint density at radius 2 is 0.913 bits per heavy atom. The van der Waals surface area contributed by atoms with Crippen LogP contribution in [0.5, 0.6) is 0 Å². The molecule has 3 rings (SSSR count). The van der Waals surface area contributed by atoms with Crippen molar-refractivity contribution in [1.82, 2.24) is 0 Å². The zero-order valence-corrected chi connectivity index (χ0v) is 13.0. The van der Waals surface area contributed by atoms with Crippen LogP contribution in [0.2, 0.25) is 0 Å². The van der Waals surface area contributed by atoms with Gasteiger partial charge in [0.15, 0.2) is 0 Å². The van der Waals surface area contributed by atoms with Crippen molar-refractivity contribution < 1.29 is 0 Å². The Morgan fingerprint density at radius 1 is 0.609 bits per heavy atom. The largest absolute Gasteiger partial charge is 0.0776 e. The minimum absolute atomic E-state index is 0. The highest BCUT2D eigenvalue weighted by atomic mass is 14.4. The lowest BCUT2D eigenvalue weighted by molar-refractivity contribution is 0.659. The van der Waals surface area contributed by atoms with Gasteiger partial charge in [0.25, 0.3) is 0 Å². The molecule has 1 aliphatic rings. The number of hydrogen-bond donors (Lipinski definition) is 0. The van der Waals surface area contributed by atoms with E-state index in [4.69, 9.17) is 0 Å². The molecule has 0 heterocycles. The summed E-state index contributed by atoms with van der Waals surface area (Å²) in [6.07, 6.45) is 0. The molecule has 0 heteroatoms. The molecule has 0 bridgehead atoms. The summed E-state index contributed by atoms with van der Waals surface area (Å²) in [7, 11) is 0. The van der Waals surface area contributed by atoms with Crippen molar-refractivity contribution in [3.63, 3.8) is 0 Å². The third-order valence-corrected chi connectivity index (χ3v) is 3.99. The van der Waals surface area contributed by atoms with Gasteiger partial charge in [0, 0.05) is 5.41 Å². The molecule has 0 atom stereocenters. The van der Waals surface area contributed by atoms with E-state index in [0.717, 1.165) is 0 Å². The summed E-state index contributed by atoms with van der Waals surface area (Å²) in [5, 5.41) is 0. The average Bonchev–Trinajstić information content (AvgIpc) is 2.61. The molecule has 0 unspecified atom stereocenters. The number of fused-ring (bicyclic) bond motifs is 3. The summed E-state index contributed by atoms with van der Waals surface area (Å²) in [6, 6.07) is 13.6. The summed E-state index contributed by atoms with van der Waals surface area (Å²) in [5.41, 5.74) is 8.60. The monoisotopic (exact) mass is 316 g/mol. The molecular formula is C23H40. The quantitative estimate of drug-likeness (QED) is 0.459. The molecule has 2 aromatic carbocycles. The molecule has 1 aliphatic carbocycles. The van der Waals surface area contributed by atoms with Crippen LogP contribution in [0.15, 0.2) is 36.4 Å². The van der Waals surface area contributed by atoms with Gasteiger partial charge in [0.1, 0.15) is 0 Å². The minimum atomic E-state index is 0. The fourth-order valence-corrected chi connectivity index (χ4v) is 2.97. The predicted molar refractivity (Wildman–Crippen MR) is 112 cm³/mol. The Morgan fingerprint density at radius 3 is 1.22 bits per heavy atom. The summed E-state index contributed by atoms with van der Waals surface area (Å²) in [5.74, 6) is 0. The van der Waals surface area contributed by atoms with Gasteiger partial charge < -0.3 is 0 Å². The SMILES string of the molecule is C.C.C.C.CC.Cc1ccc2c(c1)C(C)(C)c1cc(C)ccc1-2. The topological polar surface area (TPSA) is 0 Å². The minimum Gasteiger partial charge on any atom is -0.0776 e. The fourth-order valence-electron chi connectivity index (χ4n) is 2.97. The Labute approximate surface area is 147 Å². The first kappa shape index (κ1) is 26.3. The van der Waals surface area contributed by atoms with Gasteiger partial charge in [-0.1, -0.05) is 105 Å². The van der Waals surface area contributed by atoms with Crippen LogP contribution < -0.4 is 0 Å². The Hall–Kier alpha value is -1.56. The normalized spacial score (nSPS) is 11.7. The van der Waals surface area contributed by atoms with Crippen LogP contribution in [-0.2, 0) is 5.41 Å². The molecular weight excluding hydrogens is 276 g/mol. The molecule has 2 aromatic rings. The first-order valence-electron chi connectivity index (χ1n) is 7.23. The van der Waals surface area contributed by atoms with Crippen molar-refractivity contribution in [2.45, 2.75) is 76.7 Å². The maximum atomic E-state index is 2.34. The number of benzene rings is 2. The molecule has 0 aliphatic heterocycles. The highest BCUT2D eigenvalue weighted by Gasteiger charge is 2.35. The number of aryl methyl sites for hydroxylation is 2. The molecule has 0 amide bonds. The highest BCUT2D eigenvalue weighted by Crippen LogP contribution is 2.48. The van der Waals surface area contributed by atoms with Gasteiger partial charge in [-0.05, 0) is 36.1 Å². The third-order valence-electron chi connectivity index (χ3n) is 3.99. The van der Waals surface area contributed by atoms with E-state index >= 15 is 0 Å².